The smallest absolute Gasteiger partial charge is 0.232 e. The first kappa shape index (κ1) is 12.5. The minimum absolute atomic E-state index is 0.0342. The van der Waals surface area contributed by atoms with Crippen LogP contribution in [0.15, 0.2) is 0 Å². The van der Waals surface area contributed by atoms with E-state index < -0.39 is 5.41 Å². The maximum absolute atomic E-state index is 12.1. The Balaban J connectivity index is 2.18. The quantitative estimate of drug-likeness (QED) is 0.605. The Morgan fingerprint density at radius 2 is 1.82 bits per heavy atom. The van der Waals surface area contributed by atoms with Gasteiger partial charge in [0.05, 0.1) is 4.99 Å². The van der Waals surface area contributed by atoms with E-state index in [2.05, 4.69) is 0 Å². The molecule has 2 N–H and O–H groups in total. The van der Waals surface area contributed by atoms with Crippen LogP contribution in [0.1, 0.15) is 33.1 Å². The van der Waals surface area contributed by atoms with Crippen LogP contribution in [0.25, 0.3) is 0 Å². The summed E-state index contributed by atoms with van der Waals surface area (Å²) in [7, 11) is 0. The highest BCUT2D eigenvalue weighted by molar-refractivity contribution is 7.80. The molecule has 1 heterocycles. The number of hydrogen-bond donors (Lipinski definition) is 1. The number of rotatable bonds is 3. The monoisotopic (exact) mass is 254 g/mol. The van der Waals surface area contributed by atoms with Gasteiger partial charge in [-0.15, -0.1) is 0 Å². The van der Waals surface area contributed by atoms with E-state index in [0.29, 0.717) is 11.5 Å². The molecule has 1 aliphatic carbocycles. The predicted octanol–water partition coefficient (Wildman–Crippen LogP) is 1.08. The van der Waals surface area contributed by atoms with E-state index in [0.717, 1.165) is 19.3 Å². The number of carbonyl (C=O) groups excluding carboxylic acids is 2. The van der Waals surface area contributed by atoms with Crippen molar-refractivity contribution in [1.82, 2.24) is 4.90 Å². The summed E-state index contributed by atoms with van der Waals surface area (Å²) < 4.78 is 0. The van der Waals surface area contributed by atoms with Gasteiger partial charge in [-0.25, -0.2) is 0 Å². The highest BCUT2D eigenvalue weighted by Crippen LogP contribution is 2.39. The first-order chi connectivity index (χ1) is 7.83. The zero-order valence-corrected chi connectivity index (χ0v) is 11.0. The SMILES string of the molecule is CC(C)(CN1C(=O)C2CCC(C2)C1=O)C(N)=S. The number of nitrogens with two attached hydrogens (primary N) is 1. The number of amides is 2. The van der Waals surface area contributed by atoms with Gasteiger partial charge in [0.15, 0.2) is 0 Å². The van der Waals surface area contributed by atoms with Gasteiger partial charge < -0.3 is 5.73 Å². The van der Waals surface area contributed by atoms with Gasteiger partial charge in [-0.05, 0) is 19.3 Å². The normalized spacial score (nSPS) is 28.7. The molecule has 94 valence electrons. The molecule has 4 nitrogen and oxygen atoms in total. The van der Waals surface area contributed by atoms with E-state index >= 15 is 0 Å². The highest BCUT2D eigenvalue weighted by Gasteiger charge is 2.46. The molecule has 0 aromatic carbocycles. The molecule has 2 aliphatic rings. The Kier molecular flexibility index (Phi) is 2.97. The van der Waals surface area contributed by atoms with Crippen LogP contribution >= 0.6 is 12.2 Å². The second kappa shape index (κ2) is 4.05. The van der Waals surface area contributed by atoms with Crippen LogP contribution in [0.5, 0.6) is 0 Å². The van der Waals surface area contributed by atoms with Crippen molar-refractivity contribution in [2.75, 3.05) is 6.54 Å². The largest absolute Gasteiger partial charge is 0.393 e. The van der Waals surface area contributed by atoms with E-state index in [1.54, 1.807) is 0 Å². The number of hydrogen-bond acceptors (Lipinski definition) is 3. The van der Waals surface area contributed by atoms with Gasteiger partial charge in [0.25, 0.3) is 0 Å². The lowest BCUT2D eigenvalue weighted by molar-refractivity contribution is -0.153. The van der Waals surface area contributed by atoms with E-state index in [4.69, 9.17) is 18.0 Å². The van der Waals surface area contributed by atoms with Crippen LogP contribution in [0, 0.1) is 17.3 Å². The van der Waals surface area contributed by atoms with Gasteiger partial charge in [0, 0.05) is 23.8 Å². The molecule has 2 fully saturated rings. The predicted molar refractivity (Wildman–Crippen MR) is 68.1 cm³/mol. The molecule has 0 aromatic heterocycles. The van der Waals surface area contributed by atoms with Crippen LogP contribution in [-0.4, -0.2) is 28.2 Å². The lowest BCUT2D eigenvalue weighted by atomic mass is 9.89. The van der Waals surface area contributed by atoms with Crippen molar-refractivity contribution < 1.29 is 9.59 Å². The average molecular weight is 254 g/mol. The van der Waals surface area contributed by atoms with Gasteiger partial charge in [0.2, 0.25) is 11.8 Å². The van der Waals surface area contributed by atoms with Crippen molar-refractivity contribution >= 4 is 29.0 Å². The number of nitrogens with zero attached hydrogens (tertiary/aromatic N) is 1. The standard InChI is InChI=1S/C12H18N2O2S/c1-12(2,11(13)17)6-14-9(15)7-3-4-8(5-7)10(14)16/h7-8H,3-6H2,1-2H3,(H2,13,17). The number of thiocarbonyl (C=S) groups is 1. The third-order valence-corrected chi connectivity index (χ3v) is 4.44. The summed E-state index contributed by atoms with van der Waals surface area (Å²) in [6.07, 6.45) is 2.43. The second-order valence-corrected chi connectivity index (χ2v) is 6.16. The van der Waals surface area contributed by atoms with Crippen LogP contribution in [0.3, 0.4) is 0 Å². The maximum atomic E-state index is 12.1. The minimum atomic E-state index is -0.489. The molecule has 2 bridgehead atoms. The van der Waals surface area contributed by atoms with E-state index in [1.165, 1.54) is 4.90 Å². The molecular weight excluding hydrogens is 236 g/mol. The van der Waals surface area contributed by atoms with Crippen molar-refractivity contribution in [3.63, 3.8) is 0 Å². The zero-order chi connectivity index (χ0) is 12.8. The fourth-order valence-electron chi connectivity index (χ4n) is 2.61. The summed E-state index contributed by atoms with van der Waals surface area (Å²) >= 11 is 4.98. The zero-order valence-electron chi connectivity index (χ0n) is 10.2. The van der Waals surface area contributed by atoms with Gasteiger partial charge in [-0.2, -0.15) is 0 Å². The molecule has 17 heavy (non-hydrogen) atoms. The van der Waals surface area contributed by atoms with E-state index in [9.17, 15) is 9.59 Å². The molecule has 2 unspecified atom stereocenters. The van der Waals surface area contributed by atoms with Crippen LogP contribution in [0.4, 0.5) is 0 Å². The molecule has 2 rings (SSSR count). The Labute approximate surface area is 107 Å². The molecule has 5 heteroatoms. The van der Waals surface area contributed by atoms with Crippen molar-refractivity contribution in [3.05, 3.63) is 0 Å². The number of fused-ring (bicyclic) bond motifs is 2. The summed E-state index contributed by atoms with van der Waals surface area (Å²) in [5.74, 6) is 0.0147. The number of likely N-dealkylation sites (tertiary alicyclic amines) is 1. The molecule has 0 radical (unpaired) electrons. The Morgan fingerprint density at radius 3 is 2.24 bits per heavy atom. The van der Waals surface area contributed by atoms with Crippen LogP contribution in [-0.2, 0) is 9.59 Å². The first-order valence-corrected chi connectivity index (χ1v) is 6.39. The first-order valence-electron chi connectivity index (χ1n) is 5.98. The Bertz CT molecular complexity index is 370. The van der Waals surface area contributed by atoms with Crippen LogP contribution < -0.4 is 5.73 Å². The number of carbonyl (C=O) groups is 2. The molecule has 2 atom stereocenters. The molecule has 0 aromatic rings. The van der Waals surface area contributed by atoms with E-state index in [1.807, 2.05) is 13.8 Å². The second-order valence-electron chi connectivity index (χ2n) is 5.72. The Morgan fingerprint density at radius 1 is 1.35 bits per heavy atom. The van der Waals surface area contributed by atoms with Gasteiger partial charge in [-0.3, -0.25) is 14.5 Å². The molecule has 2 amide bonds. The molecule has 1 saturated carbocycles. The summed E-state index contributed by atoms with van der Waals surface area (Å²) in [5.41, 5.74) is 5.16. The molecular formula is C12H18N2O2S. The molecule has 0 spiro atoms. The fraction of sp³-hybridized carbons (Fsp3) is 0.750. The fourth-order valence-corrected chi connectivity index (χ4v) is 2.67. The summed E-state index contributed by atoms with van der Waals surface area (Å²) in [6.45, 7) is 4.05. The van der Waals surface area contributed by atoms with Crippen molar-refractivity contribution in [1.29, 1.82) is 0 Å². The number of imide groups is 1. The average Bonchev–Trinajstić information content (AvgIpc) is 2.68. The lowest BCUT2D eigenvalue weighted by Crippen LogP contribution is -2.52. The molecule has 1 saturated heterocycles. The number of piperidine rings is 1. The summed E-state index contributed by atoms with van der Waals surface area (Å²) in [4.78, 5) is 26.0. The lowest BCUT2D eigenvalue weighted by Gasteiger charge is -2.35. The highest BCUT2D eigenvalue weighted by atomic mass is 32.1. The third kappa shape index (κ3) is 2.08. The summed E-state index contributed by atoms with van der Waals surface area (Å²) in [5, 5.41) is 0. The van der Waals surface area contributed by atoms with Crippen LogP contribution in [0.2, 0.25) is 0 Å². The topological polar surface area (TPSA) is 63.4 Å². The molecule has 1 aliphatic heterocycles. The van der Waals surface area contributed by atoms with Gasteiger partial charge >= 0.3 is 0 Å². The summed E-state index contributed by atoms with van der Waals surface area (Å²) in [6, 6.07) is 0. The van der Waals surface area contributed by atoms with E-state index in [-0.39, 0.29) is 23.7 Å². The Hall–Kier alpha value is -0.970. The van der Waals surface area contributed by atoms with Crippen molar-refractivity contribution in [2.45, 2.75) is 33.1 Å². The van der Waals surface area contributed by atoms with Crippen molar-refractivity contribution in [2.24, 2.45) is 23.0 Å². The van der Waals surface area contributed by atoms with Crippen molar-refractivity contribution in [3.8, 4) is 0 Å². The maximum Gasteiger partial charge on any atom is 0.232 e. The minimum Gasteiger partial charge on any atom is -0.393 e. The third-order valence-electron chi connectivity index (χ3n) is 3.88. The van der Waals surface area contributed by atoms with Gasteiger partial charge in [0.1, 0.15) is 0 Å². The van der Waals surface area contributed by atoms with Gasteiger partial charge in [-0.1, -0.05) is 26.1 Å².